The molecule has 0 aliphatic heterocycles. The van der Waals surface area contributed by atoms with Crippen molar-refractivity contribution in [2.75, 3.05) is 5.75 Å². The van der Waals surface area contributed by atoms with E-state index in [2.05, 4.69) is 21.6 Å². The van der Waals surface area contributed by atoms with Gasteiger partial charge in [-0.3, -0.25) is 9.36 Å². The third-order valence-corrected chi connectivity index (χ3v) is 6.72. The minimum absolute atomic E-state index is 0.137. The average Bonchev–Trinajstić information content (AvgIpc) is 3.48. The van der Waals surface area contributed by atoms with Crippen LogP contribution in [0.4, 0.5) is 0 Å². The maximum Gasteiger partial charge on any atom is 0.231 e. The number of carbonyl (C=O) groups is 1. The molecule has 0 radical (unpaired) electrons. The predicted molar refractivity (Wildman–Crippen MR) is 124 cm³/mol. The Morgan fingerprint density at radius 3 is 2.73 bits per heavy atom. The molecule has 0 saturated heterocycles. The number of nitrogens with zero attached hydrogens (tertiary/aromatic N) is 4. The highest BCUT2D eigenvalue weighted by atomic mass is 35.5. The molecule has 2 aromatic heterocycles. The topological polar surface area (TPSA) is 106 Å². The fourth-order valence-electron chi connectivity index (χ4n) is 3.78. The Kier molecular flexibility index (Phi) is 7.57. The summed E-state index contributed by atoms with van der Waals surface area (Å²) < 4.78 is 13.2. The third kappa shape index (κ3) is 6.09. The van der Waals surface area contributed by atoms with Crippen molar-refractivity contribution in [3.05, 3.63) is 59.3 Å². The fraction of sp³-hybridized carbons (Fsp3) is 0.391. The molecule has 1 N–H and O–H groups in total. The third-order valence-electron chi connectivity index (χ3n) is 5.50. The molecule has 1 aliphatic carbocycles. The molecule has 1 aromatic carbocycles. The van der Waals surface area contributed by atoms with Crippen molar-refractivity contribution in [2.24, 2.45) is 0 Å². The van der Waals surface area contributed by atoms with E-state index in [9.17, 15) is 10.1 Å². The Morgan fingerprint density at radius 2 is 2.03 bits per heavy atom. The number of hydrogen-bond acceptors (Lipinski definition) is 7. The number of nitrogens with one attached hydrogen (secondary N) is 1. The summed E-state index contributed by atoms with van der Waals surface area (Å²) in [5.41, 5.74) is -0.755. The number of hydrogen-bond donors (Lipinski definition) is 1. The van der Waals surface area contributed by atoms with E-state index >= 15 is 0 Å². The van der Waals surface area contributed by atoms with Crippen molar-refractivity contribution in [3.63, 3.8) is 0 Å². The van der Waals surface area contributed by atoms with Crippen molar-refractivity contribution < 1.29 is 13.9 Å². The van der Waals surface area contributed by atoms with E-state index in [1.807, 2.05) is 16.7 Å². The molecule has 1 fully saturated rings. The molecule has 8 nitrogen and oxygen atoms in total. The molecule has 1 aliphatic rings. The summed E-state index contributed by atoms with van der Waals surface area (Å²) in [6.07, 6.45) is 6.01. The van der Waals surface area contributed by atoms with Crippen molar-refractivity contribution in [3.8, 4) is 11.8 Å². The summed E-state index contributed by atoms with van der Waals surface area (Å²) in [5, 5.41) is 22.3. The summed E-state index contributed by atoms with van der Waals surface area (Å²) in [4.78, 5) is 12.6. The number of thioether (sulfide) groups is 1. The number of ether oxygens (including phenoxy) is 1. The van der Waals surface area contributed by atoms with Crippen LogP contribution in [0.1, 0.15) is 43.7 Å². The Bertz CT molecular complexity index is 1100. The Morgan fingerprint density at radius 1 is 1.24 bits per heavy atom. The van der Waals surface area contributed by atoms with Crippen LogP contribution >= 0.6 is 23.4 Å². The highest BCUT2D eigenvalue weighted by Gasteiger charge is 2.33. The SMILES string of the molecule is N#CC1(NC(=O)CSc2nnc(COc3ccc(Cl)cc3)n2Cc2ccco2)CCCCC1. The van der Waals surface area contributed by atoms with Gasteiger partial charge < -0.3 is 14.5 Å². The summed E-state index contributed by atoms with van der Waals surface area (Å²) in [7, 11) is 0. The van der Waals surface area contributed by atoms with Gasteiger partial charge in [0.05, 0.1) is 24.6 Å². The zero-order chi connectivity index (χ0) is 23.1. The number of aromatic nitrogens is 3. The van der Waals surface area contributed by atoms with E-state index in [1.54, 1.807) is 30.5 Å². The lowest BCUT2D eigenvalue weighted by Gasteiger charge is -2.31. The van der Waals surface area contributed by atoms with Crippen LogP contribution in [-0.4, -0.2) is 32.0 Å². The van der Waals surface area contributed by atoms with Gasteiger partial charge >= 0.3 is 0 Å². The first-order valence-electron chi connectivity index (χ1n) is 10.7. The zero-order valence-electron chi connectivity index (χ0n) is 18.0. The standard InChI is InChI=1S/C23H24ClN5O3S/c24-17-6-8-18(9-7-17)32-14-20-27-28-22(29(20)13-19-5-4-12-31-19)33-15-21(30)26-23(16-25)10-2-1-3-11-23/h4-9,12H,1-3,10-11,13-15H2,(H,26,30). The summed E-state index contributed by atoms with van der Waals surface area (Å²) in [6, 6.07) is 13.1. The van der Waals surface area contributed by atoms with E-state index in [4.69, 9.17) is 20.8 Å². The minimum Gasteiger partial charge on any atom is -0.486 e. The van der Waals surface area contributed by atoms with Gasteiger partial charge in [0, 0.05) is 5.02 Å². The van der Waals surface area contributed by atoms with Gasteiger partial charge in [0.25, 0.3) is 0 Å². The minimum atomic E-state index is -0.755. The molecule has 0 bridgehead atoms. The van der Waals surface area contributed by atoms with Crippen molar-refractivity contribution in [2.45, 2.75) is 56.0 Å². The first-order valence-corrected chi connectivity index (χ1v) is 12.1. The number of amides is 1. The van der Waals surface area contributed by atoms with Gasteiger partial charge in [0.1, 0.15) is 23.7 Å². The predicted octanol–water partition coefficient (Wildman–Crippen LogP) is 4.59. The maximum atomic E-state index is 12.6. The van der Waals surface area contributed by atoms with E-state index in [1.165, 1.54) is 11.8 Å². The highest BCUT2D eigenvalue weighted by molar-refractivity contribution is 7.99. The van der Waals surface area contributed by atoms with Gasteiger partial charge in [0.15, 0.2) is 11.0 Å². The smallest absolute Gasteiger partial charge is 0.231 e. The maximum absolute atomic E-state index is 12.6. The average molecular weight is 486 g/mol. The first-order chi connectivity index (χ1) is 16.1. The quantitative estimate of drug-likeness (QED) is 0.442. The zero-order valence-corrected chi connectivity index (χ0v) is 19.6. The van der Waals surface area contributed by atoms with Crippen molar-refractivity contribution in [1.29, 1.82) is 5.26 Å². The van der Waals surface area contributed by atoms with Crippen LogP contribution in [0.15, 0.2) is 52.2 Å². The number of benzene rings is 1. The van der Waals surface area contributed by atoms with E-state index in [0.29, 0.717) is 41.1 Å². The number of halogens is 1. The van der Waals surface area contributed by atoms with Gasteiger partial charge in [-0.25, -0.2) is 0 Å². The lowest BCUT2D eigenvalue weighted by Crippen LogP contribution is -2.49. The van der Waals surface area contributed by atoms with Crippen LogP contribution in [0, 0.1) is 11.3 Å². The molecule has 3 aromatic rings. The molecular weight excluding hydrogens is 462 g/mol. The molecule has 10 heteroatoms. The molecule has 0 spiro atoms. The molecule has 0 unspecified atom stereocenters. The highest BCUT2D eigenvalue weighted by Crippen LogP contribution is 2.28. The lowest BCUT2D eigenvalue weighted by atomic mass is 9.83. The molecule has 1 amide bonds. The summed E-state index contributed by atoms with van der Waals surface area (Å²) in [6.45, 7) is 0.602. The second-order valence-electron chi connectivity index (χ2n) is 7.90. The van der Waals surface area contributed by atoms with Crippen LogP contribution in [0.2, 0.25) is 5.02 Å². The number of carbonyl (C=O) groups excluding carboxylic acids is 1. The van der Waals surface area contributed by atoms with Gasteiger partial charge in [-0.1, -0.05) is 42.6 Å². The number of furan rings is 1. The van der Waals surface area contributed by atoms with Gasteiger partial charge in [-0.15, -0.1) is 10.2 Å². The van der Waals surface area contributed by atoms with Gasteiger partial charge in [-0.2, -0.15) is 5.26 Å². The lowest BCUT2D eigenvalue weighted by molar-refractivity contribution is -0.120. The largest absolute Gasteiger partial charge is 0.486 e. The first kappa shape index (κ1) is 23.2. The number of rotatable bonds is 9. The van der Waals surface area contributed by atoms with Crippen molar-refractivity contribution in [1.82, 2.24) is 20.1 Å². The summed E-state index contributed by atoms with van der Waals surface area (Å²) in [5.74, 6) is 1.95. The monoisotopic (exact) mass is 485 g/mol. The molecule has 33 heavy (non-hydrogen) atoms. The van der Waals surface area contributed by atoms with Crippen LogP contribution < -0.4 is 10.1 Å². The second kappa shape index (κ2) is 10.8. The van der Waals surface area contributed by atoms with Crippen LogP contribution in [0.3, 0.4) is 0 Å². The van der Waals surface area contributed by atoms with E-state index < -0.39 is 5.54 Å². The Balaban J connectivity index is 1.43. The summed E-state index contributed by atoms with van der Waals surface area (Å²) >= 11 is 7.20. The molecule has 0 atom stereocenters. The fourth-order valence-corrected chi connectivity index (χ4v) is 4.66. The molecular formula is C23H24ClN5O3S. The van der Waals surface area contributed by atoms with E-state index in [0.717, 1.165) is 25.0 Å². The molecule has 1 saturated carbocycles. The van der Waals surface area contributed by atoms with Crippen LogP contribution in [0.5, 0.6) is 5.75 Å². The molecule has 2 heterocycles. The second-order valence-corrected chi connectivity index (χ2v) is 9.28. The van der Waals surface area contributed by atoms with E-state index in [-0.39, 0.29) is 18.3 Å². The molecule has 172 valence electrons. The normalized spacial score (nSPS) is 15.0. The Hall–Kier alpha value is -2.96. The van der Waals surface area contributed by atoms with Crippen LogP contribution in [-0.2, 0) is 17.9 Å². The molecule has 4 rings (SSSR count). The van der Waals surface area contributed by atoms with Gasteiger partial charge in [-0.05, 0) is 49.2 Å². The Labute approximate surface area is 201 Å². The van der Waals surface area contributed by atoms with Crippen molar-refractivity contribution >= 4 is 29.3 Å². The van der Waals surface area contributed by atoms with Crippen LogP contribution in [0.25, 0.3) is 0 Å². The number of nitriles is 1. The van der Waals surface area contributed by atoms with Gasteiger partial charge in [0.2, 0.25) is 5.91 Å².